The Labute approximate surface area is 166 Å². The zero-order chi connectivity index (χ0) is 20.4. The van der Waals surface area contributed by atoms with Crippen LogP contribution in [0.15, 0.2) is 60.2 Å². The number of aromatic nitrogens is 4. The van der Waals surface area contributed by atoms with Crippen molar-refractivity contribution in [2.75, 3.05) is 5.32 Å². The molecule has 0 atom stereocenters. The molecule has 3 aromatic heterocycles. The van der Waals surface area contributed by atoms with Crippen LogP contribution in [0.1, 0.15) is 10.6 Å². The lowest BCUT2D eigenvalue weighted by Crippen LogP contribution is -2.15. The Kier molecular flexibility index (Phi) is 4.79. The maximum atomic E-state index is 13.7. The van der Waals surface area contributed by atoms with Crippen molar-refractivity contribution < 1.29 is 14.1 Å². The van der Waals surface area contributed by atoms with Gasteiger partial charge < -0.3 is 5.32 Å². The summed E-state index contributed by atoms with van der Waals surface area (Å²) in [7, 11) is 0. The molecule has 0 saturated carbocycles. The first kappa shape index (κ1) is 18.4. The van der Waals surface area contributed by atoms with Crippen LogP contribution in [0.3, 0.4) is 0 Å². The van der Waals surface area contributed by atoms with Crippen molar-refractivity contribution in [1.82, 2.24) is 19.7 Å². The van der Waals surface area contributed by atoms with E-state index in [9.17, 15) is 19.3 Å². The summed E-state index contributed by atoms with van der Waals surface area (Å²) in [4.78, 5) is 31.8. The Morgan fingerprint density at radius 3 is 2.83 bits per heavy atom. The SMILES string of the molecule is O=C(Nc1ccncc1[N+](=O)[O-])c1nc(-c2cccs2)n(-c2cccc(F)c2)n1. The molecule has 0 aliphatic rings. The van der Waals surface area contributed by atoms with Gasteiger partial charge in [0.1, 0.15) is 17.7 Å². The normalized spacial score (nSPS) is 10.7. The molecule has 0 radical (unpaired) electrons. The van der Waals surface area contributed by atoms with E-state index in [4.69, 9.17) is 0 Å². The molecule has 1 aromatic carbocycles. The van der Waals surface area contributed by atoms with Gasteiger partial charge in [-0.2, -0.15) is 0 Å². The molecule has 4 rings (SSSR count). The predicted molar refractivity (Wildman–Crippen MR) is 103 cm³/mol. The minimum absolute atomic E-state index is 0.0326. The minimum Gasteiger partial charge on any atom is -0.313 e. The van der Waals surface area contributed by atoms with Gasteiger partial charge in [0.25, 0.3) is 5.91 Å². The molecule has 29 heavy (non-hydrogen) atoms. The molecule has 0 spiro atoms. The van der Waals surface area contributed by atoms with Gasteiger partial charge in [-0.15, -0.1) is 16.4 Å². The molecule has 9 nitrogen and oxygen atoms in total. The van der Waals surface area contributed by atoms with E-state index in [2.05, 4.69) is 20.4 Å². The standard InChI is InChI=1S/C18H11FN6O3S/c19-11-3-1-4-12(9-11)24-17(15-5-2-8-29-15)22-16(23-24)18(26)21-13-6-7-20-10-14(13)25(27)28/h1-10H,(H,20,21,26). The number of hydrogen-bond acceptors (Lipinski definition) is 7. The van der Waals surface area contributed by atoms with Crippen molar-refractivity contribution in [3.63, 3.8) is 0 Å². The van der Waals surface area contributed by atoms with Gasteiger partial charge in [-0.25, -0.2) is 14.1 Å². The fourth-order valence-electron chi connectivity index (χ4n) is 2.58. The highest BCUT2D eigenvalue weighted by molar-refractivity contribution is 7.13. The van der Waals surface area contributed by atoms with E-state index in [0.717, 1.165) is 11.1 Å². The maximum Gasteiger partial charge on any atom is 0.310 e. The van der Waals surface area contributed by atoms with Crippen LogP contribution < -0.4 is 5.32 Å². The summed E-state index contributed by atoms with van der Waals surface area (Å²) in [5.41, 5.74) is -0.00601. The quantitative estimate of drug-likeness (QED) is 0.396. The number of halogens is 1. The summed E-state index contributed by atoms with van der Waals surface area (Å²) in [5.74, 6) is -1.08. The van der Waals surface area contributed by atoms with Gasteiger partial charge in [-0.1, -0.05) is 12.1 Å². The second kappa shape index (κ2) is 7.56. The topological polar surface area (TPSA) is 116 Å². The zero-order valence-electron chi connectivity index (χ0n) is 14.5. The van der Waals surface area contributed by atoms with E-state index in [0.29, 0.717) is 11.5 Å². The smallest absolute Gasteiger partial charge is 0.310 e. The van der Waals surface area contributed by atoms with Gasteiger partial charge in [-0.3, -0.25) is 19.9 Å². The Morgan fingerprint density at radius 1 is 1.24 bits per heavy atom. The van der Waals surface area contributed by atoms with E-state index >= 15 is 0 Å². The van der Waals surface area contributed by atoms with Crippen molar-refractivity contribution in [1.29, 1.82) is 0 Å². The molecule has 144 valence electrons. The fourth-order valence-corrected chi connectivity index (χ4v) is 3.28. The molecule has 1 N–H and O–H groups in total. The number of benzene rings is 1. The molecule has 0 saturated heterocycles. The second-order valence-electron chi connectivity index (χ2n) is 5.73. The molecule has 0 fully saturated rings. The van der Waals surface area contributed by atoms with Crippen molar-refractivity contribution in [2.24, 2.45) is 0 Å². The van der Waals surface area contributed by atoms with Crippen LogP contribution in [0.25, 0.3) is 16.4 Å². The predicted octanol–water partition coefficient (Wildman–Crippen LogP) is 3.69. The lowest BCUT2D eigenvalue weighted by atomic mass is 10.3. The monoisotopic (exact) mass is 410 g/mol. The first-order valence-corrected chi connectivity index (χ1v) is 9.07. The summed E-state index contributed by atoms with van der Waals surface area (Å²) in [6.07, 6.45) is 2.35. The number of anilines is 1. The molecule has 1 amide bonds. The lowest BCUT2D eigenvalue weighted by molar-refractivity contribution is -0.384. The number of carbonyl (C=O) groups excluding carboxylic acids is 1. The zero-order valence-corrected chi connectivity index (χ0v) is 15.3. The molecule has 0 aliphatic heterocycles. The second-order valence-corrected chi connectivity index (χ2v) is 6.68. The van der Waals surface area contributed by atoms with Gasteiger partial charge in [0.2, 0.25) is 5.82 Å². The Bertz CT molecular complexity index is 1210. The molecule has 4 aromatic rings. The number of thiophene rings is 1. The molecule has 11 heteroatoms. The van der Waals surface area contributed by atoms with Crippen LogP contribution in [-0.2, 0) is 0 Å². The summed E-state index contributed by atoms with van der Waals surface area (Å²) < 4.78 is 15.0. The average molecular weight is 410 g/mol. The molecule has 3 heterocycles. The fraction of sp³-hybridized carbons (Fsp3) is 0. The summed E-state index contributed by atoms with van der Waals surface area (Å²) in [6.45, 7) is 0. The number of nitro groups is 1. The van der Waals surface area contributed by atoms with Crippen LogP contribution in [0.5, 0.6) is 0 Å². The minimum atomic E-state index is -0.743. The lowest BCUT2D eigenvalue weighted by Gasteiger charge is -2.04. The Hall–Kier alpha value is -3.99. The van der Waals surface area contributed by atoms with E-state index < -0.39 is 16.6 Å². The van der Waals surface area contributed by atoms with Crippen molar-refractivity contribution in [2.45, 2.75) is 0 Å². The van der Waals surface area contributed by atoms with E-state index in [1.165, 1.54) is 46.5 Å². The third-order valence-electron chi connectivity index (χ3n) is 3.85. The largest absolute Gasteiger partial charge is 0.313 e. The Morgan fingerprint density at radius 2 is 2.10 bits per heavy atom. The van der Waals surface area contributed by atoms with Crippen LogP contribution in [0.2, 0.25) is 0 Å². The molecule has 0 aliphatic carbocycles. The van der Waals surface area contributed by atoms with Crippen LogP contribution in [-0.4, -0.2) is 30.6 Å². The Balaban J connectivity index is 1.74. The van der Waals surface area contributed by atoms with E-state index in [1.54, 1.807) is 12.1 Å². The molecule has 0 bridgehead atoms. The van der Waals surface area contributed by atoms with Crippen LogP contribution in [0.4, 0.5) is 15.8 Å². The highest BCUT2D eigenvalue weighted by Crippen LogP contribution is 2.27. The van der Waals surface area contributed by atoms with Gasteiger partial charge in [-0.05, 0) is 35.7 Å². The first-order chi connectivity index (χ1) is 14.0. The number of nitrogens with zero attached hydrogens (tertiary/aromatic N) is 5. The van der Waals surface area contributed by atoms with Crippen LogP contribution in [0, 0.1) is 15.9 Å². The van der Waals surface area contributed by atoms with E-state index in [-0.39, 0.29) is 17.2 Å². The third kappa shape index (κ3) is 3.71. The summed E-state index contributed by atoms with van der Waals surface area (Å²) in [6, 6.07) is 10.6. The van der Waals surface area contributed by atoms with Gasteiger partial charge in [0.05, 0.1) is 15.5 Å². The highest BCUT2D eigenvalue weighted by Gasteiger charge is 2.22. The molecular weight excluding hydrogens is 399 g/mol. The number of hydrogen-bond donors (Lipinski definition) is 1. The molecule has 0 unspecified atom stereocenters. The summed E-state index contributed by atoms with van der Waals surface area (Å²) >= 11 is 1.38. The first-order valence-electron chi connectivity index (χ1n) is 8.19. The molecular formula is C18H11FN6O3S. The highest BCUT2D eigenvalue weighted by atomic mass is 32.1. The number of nitrogens with one attached hydrogen (secondary N) is 1. The number of pyridine rings is 1. The van der Waals surface area contributed by atoms with Gasteiger partial charge in [0.15, 0.2) is 5.82 Å². The third-order valence-corrected chi connectivity index (χ3v) is 4.72. The van der Waals surface area contributed by atoms with Crippen molar-refractivity contribution >= 4 is 28.6 Å². The number of carbonyl (C=O) groups is 1. The maximum absolute atomic E-state index is 13.7. The van der Waals surface area contributed by atoms with Gasteiger partial charge in [0, 0.05) is 6.20 Å². The van der Waals surface area contributed by atoms with Crippen molar-refractivity contribution in [3.05, 3.63) is 82.0 Å². The number of amides is 1. The van der Waals surface area contributed by atoms with E-state index in [1.807, 2.05) is 11.4 Å². The van der Waals surface area contributed by atoms with Crippen molar-refractivity contribution in [3.8, 4) is 16.4 Å². The average Bonchev–Trinajstić information content (AvgIpc) is 3.38. The van der Waals surface area contributed by atoms with Gasteiger partial charge >= 0.3 is 5.69 Å². The summed E-state index contributed by atoms with van der Waals surface area (Å²) in [5, 5.41) is 19.6. The van der Waals surface area contributed by atoms with Crippen LogP contribution >= 0.6 is 11.3 Å². The number of rotatable bonds is 5.